The monoisotopic (exact) mass is 313 g/mol. The number of hydrogen-bond donors (Lipinski definition) is 1. The van der Waals surface area contributed by atoms with Crippen LogP contribution >= 0.6 is 0 Å². The molecule has 1 aromatic rings. The Kier molecular flexibility index (Phi) is 6.15. The van der Waals surface area contributed by atoms with Gasteiger partial charge in [0, 0.05) is 13.0 Å². The van der Waals surface area contributed by atoms with Gasteiger partial charge in [0.1, 0.15) is 0 Å². The van der Waals surface area contributed by atoms with Gasteiger partial charge in [-0.3, -0.25) is 4.79 Å². The van der Waals surface area contributed by atoms with Gasteiger partial charge in [-0.15, -0.1) is 0 Å². The van der Waals surface area contributed by atoms with Crippen molar-refractivity contribution in [2.45, 2.75) is 38.6 Å². The average molecular weight is 313 g/mol. The highest BCUT2D eigenvalue weighted by Gasteiger charge is 2.28. The third-order valence-corrected chi connectivity index (χ3v) is 4.03. The van der Waals surface area contributed by atoms with Gasteiger partial charge in [0.05, 0.1) is 11.6 Å². The van der Waals surface area contributed by atoms with Crippen LogP contribution in [0.1, 0.15) is 42.1 Å². The van der Waals surface area contributed by atoms with Crippen molar-refractivity contribution in [2.24, 2.45) is 0 Å². The van der Waals surface area contributed by atoms with Crippen LogP contribution in [0.25, 0.3) is 0 Å². The topological polar surface area (TPSA) is 57.6 Å². The van der Waals surface area contributed by atoms with Crippen LogP contribution in [-0.2, 0) is 11.2 Å². The number of amides is 1. The fraction of sp³-hybridized carbons (Fsp3) is 0.368. The number of carboxylic acids is 1. The summed E-state index contributed by atoms with van der Waals surface area (Å²) in [5.41, 5.74) is 1.33. The van der Waals surface area contributed by atoms with Crippen molar-refractivity contribution in [1.82, 2.24) is 4.90 Å². The van der Waals surface area contributed by atoms with Crippen LogP contribution < -0.4 is 0 Å². The Morgan fingerprint density at radius 1 is 1.30 bits per heavy atom. The van der Waals surface area contributed by atoms with Crippen LogP contribution in [-0.4, -0.2) is 34.5 Å². The zero-order valence-electron chi connectivity index (χ0n) is 13.4. The number of rotatable bonds is 7. The number of allylic oxidation sites excluding steroid dienone is 3. The summed E-state index contributed by atoms with van der Waals surface area (Å²) < 4.78 is 0. The maximum atomic E-state index is 12.0. The Hall–Kier alpha value is -2.36. The molecule has 1 saturated heterocycles. The van der Waals surface area contributed by atoms with E-state index in [4.69, 9.17) is 5.11 Å². The van der Waals surface area contributed by atoms with Crippen molar-refractivity contribution >= 4 is 11.9 Å². The van der Waals surface area contributed by atoms with Crippen LogP contribution in [0.15, 0.2) is 48.6 Å². The lowest BCUT2D eigenvalue weighted by atomic mass is 10.1. The molecule has 1 atom stereocenters. The third-order valence-electron chi connectivity index (χ3n) is 4.03. The predicted octanol–water partition coefficient (Wildman–Crippen LogP) is 3.44. The molecule has 0 unspecified atom stereocenters. The van der Waals surface area contributed by atoms with Crippen molar-refractivity contribution in [3.05, 3.63) is 59.7 Å². The summed E-state index contributed by atoms with van der Waals surface area (Å²) in [7, 11) is 0. The van der Waals surface area contributed by atoms with Crippen molar-refractivity contribution in [1.29, 1.82) is 0 Å². The van der Waals surface area contributed by atoms with Gasteiger partial charge in [-0.1, -0.05) is 43.4 Å². The molecule has 1 aliphatic rings. The minimum Gasteiger partial charge on any atom is -0.478 e. The summed E-state index contributed by atoms with van der Waals surface area (Å²) in [5, 5.41) is 8.90. The van der Waals surface area contributed by atoms with Crippen LogP contribution in [0.4, 0.5) is 0 Å². The summed E-state index contributed by atoms with van der Waals surface area (Å²) >= 11 is 0. The molecule has 4 heteroatoms. The van der Waals surface area contributed by atoms with E-state index in [1.54, 1.807) is 12.1 Å². The lowest BCUT2D eigenvalue weighted by Crippen LogP contribution is -2.33. The normalized spacial score (nSPS) is 18.4. The first-order chi connectivity index (χ1) is 11.1. The molecule has 23 heavy (non-hydrogen) atoms. The average Bonchev–Trinajstić information content (AvgIpc) is 2.90. The lowest BCUT2D eigenvalue weighted by Gasteiger charge is -2.22. The first-order valence-electron chi connectivity index (χ1n) is 8.07. The predicted molar refractivity (Wildman–Crippen MR) is 90.4 cm³/mol. The zero-order chi connectivity index (χ0) is 16.7. The van der Waals surface area contributed by atoms with E-state index in [1.165, 1.54) is 0 Å². The van der Waals surface area contributed by atoms with E-state index < -0.39 is 5.97 Å². The first kappa shape index (κ1) is 17.0. The van der Waals surface area contributed by atoms with Gasteiger partial charge in [0.15, 0.2) is 0 Å². The van der Waals surface area contributed by atoms with E-state index >= 15 is 0 Å². The molecule has 1 N–H and O–H groups in total. The summed E-state index contributed by atoms with van der Waals surface area (Å²) in [6.45, 7) is 2.75. The van der Waals surface area contributed by atoms with Gasteiger partial charge in [0.25, 0.3) is 0 Å². The molecular weight excluding hydrogens is 290 g/mol. The maximum absolute atomic E-state index is 12.0. The Morgan fingerprint density at radius 2 is 2.04 bits per heavy atom. The largest absolute Gasteiger partial charge is 0.478 e. The fourth-order valence-electron chi connectivity index (χ4n) is 2.72. The van der Waals surface area contributed by atoms with Gasteiger partial charge in [-0.05, 0) is 37.0 Å². The minimum atomic E-state index is -0.920. The maximum Gasteiger partial charge on any atom is 0.335 e. The highest BCUT2D eigenvalue weighted by molar-refractivity contribution is 5.87. The number of carbonyl (C=O) groups is 2. The minimum absolute atomic E-state index is 0.169. The summed E-state index contributed by atoms with van der Waals surface area (Å²) in [6.07, 6.45) is 11.4. The highest BCUT2D eigenvalue weighted by atomic mass is 16.4. The Balaban J connectivity index is 1.94. The second kappa shape index (κ2) is 8.32. The quantitative estimate of drug-likeness (QED) is 0.785. The number of carboxylic acid groups (broad SMARTS) is 1. The highest BCUT2D eigenvalue weighted by Crippen LogP contribution is 2.20. The Morgan fingerprint density at radius 3 is 2.70 bits per heavy atom. The summed E-state index contributed by atoms with van der Waals surface area (Å²) in [5.74, 6) is -0.724. The number of aromatic carboxylic acids is 1. The SMILES string of the molecule is CC/C=C/C=C\[C@H]1CCC(=O)N1CCc1ccc(C(=O)O)cc1. The molecule has 0 aliphatic carbocycles. The second-order valence-corrected chi connectivity index (χ2v) is 5.67. The molecule has 0 aromatic heterocycles. The zero-order valence-corrected chi connectivity index (χ0v) is 13.4. The molecule has 1 aromatic carbocycles. The second-order valence-electron chi connectivity index (χ2n) is 5.67. The van der Waals surface area contributed by atoms with Crippen molar-refractivity contribution in [2.75, 3.05) is 6.54 Å². The molecule has 122 valence electrons. The number of hydrogen-bond acceptors (Lipinski definition) is 2. The Labute approximate surface area is 137 Å². The van der Waals surface area contributed by atoms with Crippen molar-refractivity contribution in [3.63, 3.8) is 0 Å². The Bertz CT molecular complexity index is 602. The molecule has 1 amide bonds. The van der Waals surface area contributed by atoms with Crippen molar-refractivity contribution < 1.29 is 14.7 Å². The van der Waals surface area contributed by atoms with E-state index in [0.29, 0.717) is 13.0 Å². The number of likely N-dealkylation sites (tertiary alicyclic amines) is 1. The van der Waals surface area contributed by atoms with Crippen LogP contribution in [0.3, 0.4) is 0 Å². The molecule has 2 rings (SSSR count). The number of carbonyl (C=O) groups excluding carboxylic acids is 1. The molecular formula is C19H23NO3. The lowest BCUT2D eigenvalue weighted by molar-refractivity contribution is -0.128. The summed E-state index contributed by atoms with van der Waals surface area (Å²) in [4.78, 5) is 24.8. The van der Waals surface area contributed by atoms with Crippen molar-refractivity contribution in [3.8, 4) is 0 Å². The van der Waals surface area contributed by atoms with Crippen LogP contribution in [0.5, 0.6) is 0 Å². The molecule has 0 spiro atoms. The number of nitrogens with zero attached hydrogens (tertiary/aromatic N) is 1. The molecule has 0 bridgehead atoms. The van der Waals surface area contributed by atoms with E-state index in [0.717, 1.165) is 24.8 Å². The molecule has 4 nitrogen and oxygen atoms in total. The standard InChI is InChI=1S/C19H23NO3/c1-2-3-4-5-6-17-11-12-18(21)20(17)14-13-15-7-9-16(10-8-15)19(22)23/h3-10,17H,2,11-14H2,1H3,(H,22,23)/b4-3+,6-5-/t17-/m0/s1. The first-order valence-corrected chi connectivity index (χ1v) is 8.07. The van der Waals surface area contributed by atoms with Gasteiger partial charge in [0.2, 0.25) is 5.91 Å². The van der Waals surface area contributed by atoms with E-state index in [1.807, 2.05) is 29.2 Å². The van der Waals surface area contributed by atoms with E-state index in [-0.39, 0.29) is 17.5 Å². The smallest absolute Gasteiger partial charge is 0.335 e. The van der Waals surface area contributed by atoms with Gasteiger partial charge in [-0.2, -0.15) is 0 Å². The van der Waals surface area contributed by atoms with Gasteiger partial charge < -0.3 is 10.0 Å². The molecule has 1 heterocycles. The van der Waals surface area contributed by atoms with E-state index in [9.17, 15) is 9.59 Å². The van der Waals surface area contributed by atoms with E-state index in [2.05, 4.69) is 19.1 Å². The molecule has 0 radical (unpaired) electrons. The van der Waals surface area contributed by atoms with Crippen LogP contribution in [0.2, 0.25) is 0 Å². The molecule has 0 saturated carbocycles. The summed E-state index contributed by atoms with van der Waals surface area (Å²) in [6, 6.07) is 7.02. The molecule has 1 aliphatic heterocycles. The third kappa shape index (κ3) is 4.81. The fourth-order valence-corrected chi connectivity index (χ4v) is 2.72. The van der Waals surface area contributed by atoms with Gasteiger partial charge in [-0.25, -0.2) is 4.79 Å². The van der Waals surface area contributed by atoms with Gasteiger partial charge >= 0.3 is 5.97 Å². The number of benzene rings is 1. The van der Waals surface area contributed by atoms with Crippen LogP contribution in [0, 0.1) is 0 Å². The molecule has 1 fully saturated rings.